The van der Waals surface area contributed by atoms with E-state index in [2.05, 4.69) is 31.3 Å². The van der Waals surface area contributed by atoms with Gasteiger partial charge in [0.05, 0.1) is 8.66 Å². The number of ketones is 1. The van der Waals surface area contributed by atoms with Crippen LogP contribution in [0.5, 0.6) is 0 Å². The molecule has 0 aliphatic rings. The van der Waals surface area contributed by atoms with Gasteiger partial charge in [-0.25, -0.2) is 0 Å². The Morgan fingerprint density at radius 1 is 1.17 bits per heavy atom. The smallest absolute Gasteiger partial charge is 0.248 e. The van der Waals surface area contributed by atoms with Crippen molar-refractivity contribution in [1.82, 2.24) is 20.2 Å². The molecule has 0 aliphatic carbocycles. The van der Waals surface area contributed by atoms with E-state index in [-0.39, 0.29) is 12.3 Å². The Labute approximate surface area is 143 Å². The van der Waals surface area contributed by atoms with E-state index in [1.165, 1.54) is 16.1 Å². The zero-order valence-electron chi connectivity index (χ0n) is 11.6. The number of carbonyl (C=O) groups excluding carboxylic acids is 2. The van der Waals surface area contributed by atoms with Crippen molar-refractivity contribution in [2.75, 3.05) is 0 Å². The standard InChI is InChI=1S/C14H10BrN5O2S/c15-12-6-5-11(23-12)10(21)7-20-18-14(17-19-20)9-3-1-8(2-4-9)13(16)22/h1-6H,7H2,(H2,16,22). The molecule has 0 atom stereocenters. The van der Waals surface area contributed by atoms with Gasteiger partial charge in [0.25, 0.3) is 0 Å². The van der Waals surface area contributed by atoms with Crippen LogP contribution in [0.4, 0.5) is 0 Å². The van der Waals surface area contributed by atoms with Crippen LogP contribution in [-0.4, -0.2) is 31.9 Å². The number of Topliss-reactive ketones (excluding diaryl/α,β-unsaturated/α-hetero) is 1. The van der Waals surface area contributed by atoms with Crippen molar-refractivity contribution in [2.45, 2.75) is 6.54 Å². The lowest BCUT2D eigenvalue weighted by atomic mass is 10.1. The second-order valence-electron chi connectivity index (χ2n) is 4.61. The maximum absolute atomic E-state index is 12.1. The van der Waals surface area contributed by atoms with Gasteiger partial charge in [-0.3, -0.25) is 9.59 Å². The minimum atomic E-state index is -0.499. The highest BCUT2D eigenvalue weighted by molar-refractivity contribution is 9.11. The minimum absolute atomic E-state index is 0.0132. The van der Waals surface area contributed by atoms with Crippen molar-refractivity contribution in [2.24, 2.45) is 5.73 Å². The summed E-state index contributed by atoms with van der Waals surface area (Å²) < 4.78 is 0.891. The fraction of sp³-hybridized carbons (Fsp3) is 0.0714. The maximum Gasteiger partial charge on any atom is 0.248 e. The molecule has 1 amide bonds. The highest BCUT2D eigenvalue weighted by Crippen LogP contribution is 2.22. The predicted octanol–water partition coefficient (Wildman–Crippen LogP) is 2.15. The van der Waals surface area contributed by atoms with Crippen molar-refractivity contribution < 1.29 is 9.59 Å². The summed E-state index contributed by atoms with van der Waals surface area (Å²) in [6, 6.07) is 10.1. The predicted molar refractivity (Wildman–Crippen MR) is 88.1 cm³/mol. The number of aromatic nitrogens is 4. The molecule has 0 unspecified atom stereocenters. The Hall–Kier alpha value is -2.39. The largest absolute Gasteiger partial charge is 0.366 e. The molecule has 0 radical (unpaired) electrons. The Balaban J connectivity index is 1.75. The number of nitrogens with two attached hydrogens (primary N) is 1. The first kappa shape index (κ1) is 15.5. The molecule has 1 aromatic carbocycles. The van der Waals surface area contributed by atoms with E-state index in [1.807, 2.05) is 6.07 Å². The summed E-state index contributed by atoms with van der Waals surface area (Å²) in [6.07, 6.45) is 0. The molecule has 0 aliphatic heterocycles. The quantitative estimate of drug-likeness (QED) is 0.670. The number of halogens is 1. The van der Waals surface area contributed by atoms with Gasteiger partial charge in [-0.1, -0.05) is 12.1 Å². The van der Waals surface area contributed by atoms with Gasteiger partial charge in [-0.05, 0) is 45.4 Å². The number of hydrogen-bond acceptors (Lipinski definition) is 6. The second-order valence-corrected chi connectivity index (χ2v) is 7.07. The van der Waals surface area contributed by atoms with E-state index < -0.39 is 5.91 Å². The lowest BCUT2D eigenvalue weighted by molar-refractivity contribution is 0.0963. The third-order valence-corrected chi connectivity index (χ3v) is 4.68. The summed E-state index contributed by atoms with van der Waals surface area (Å²) in [7, 11) is 0. The summed E-state index contributed by atoms with van der Waals surface area (Å²) in [5.74, 6) is -0.212. The van der Waals surface area contributed by atoms with Crippen molar-refractivity contribution in [3.8, 4) is 11.4 Å². The number of carbonyl (C=O) groups is 2. The summed E-state index contributed by atoms with van der Waals surface area (Å²) in [5, 5.41) is 12.0. The SMILES string of the molecule is NC(=O)c1ccc(-c2nnn(CC(=O)c3ccc(Br)s3)n2)cc1. The second kappa shape index (κ2) is 6.39. The molecule has 2 aromatic heterocycles. The zero-order chi connectivity index (χ0) is 16.4. The zero-order valence-corrected chi connectivity index (χ0v) is 14.0. The first-order valence-corrected chi connectivity index (χ1v) is 8.10. The van der Waals surface area contributed by atoms with Crippen LogP contribution in [0.2, 0.25) is 0 Å². The van der Waals surface area contributed by atoms with Gasteiger partial charge in [0.2, 0.25) is 11.7 Å². The maximum atomic E-state index is 12.1. The van der Waals surface area contributed by atoms with E-state index in [0.717, 1.165) is 3.79 Å². The fourth-order valence-corrected chi connectivity index (χ4v) is 3.20. The highest BCUT2D eigenvalue weighted by Gasteiger charge is 2.13. The van der Waals surface area contributed by atoms with Crippen molar-refractivity contribution in [3.05, 3.63) is 50.6 Å². The first-order valence-electron chi connectivity index (χ1n) is 6.49. The number of tetrazole rings is 1. The molecule has 23 heavy (non-hydrogen) atoms. The van der Waals surface area contributed by atoms with Crippen LogP contribution in [0, 0.1) is 0 Å². The molecule has 0 bridgehead atoms. The van der Waals surface area contributed by atoms with Gasteiger partial charge in [-0.2, -0.15) is 4.80 Å². The van der Waals surface area contributed by atoms with Crippen LogP contribution in [0.25, 0.3) is 11.4 Å². The Kier molecular flexibility index (Phi) is 4.30. The third kappa shape index (κ3) is 3.51. The molecule has 7 nitrogen and oxygen atoms in total. The molecule has 0 saturated carbocycles. The average molecular weight is 392 g/mol. The monoisotopic (exact) mass is 391 g/mol. The molecule has 0 fully saturated rings. The third-order valence-electron chi connectivity index (χ3n) is 3.01. The highest BCUT2D eigenvalue weighted by atomic mass is 79.9. The lowest BCUT2D eigenvalue weighted by Crippen LogP contribution is -2.12. The van der Waals surface area contributed by atoms with Crippen LogP contribution in [0.3, 0.4) is 0 Å². The molecular formula is C14H10BrN5O2S. The molecule has 2 N–H and O–H groups in total. The van der Waals surface area contributed by atoms with Crippen LogP contribution < -0.4 is 5.73 Å². The van der Waals surface area contributed by atoms with Crippen molar-refractivity contribution >= 4 is 39.0 Å². The number of rotatable bonds is 5. The summed E-state index contributed by atoms with van der Waals surface area (Å²) in [4.78, 5) is 25.0. The molecule has 3 rings (SSSR count). The van der Waals surface area contributed by atoms with Crippen LogP contribution in [0.1, 0.15) is 20.0 Å². The number of primary amides is 1. The van der Waals surface area contributed by atoms with E-state index in [1.54, 1.807) is 30.3 Å². The van der Waals surface area contributed by atoms with Crippen LogP contribution in [0.15, 0.2) is 40.2 Å². The molecule has 3 aromatic rings. The average Bonchev–Trinajstić information content (AvgIpc) is 3.16. The van der Waals surface area contributed by atoms with Gasteiger partial charge >= 0.3 is 0 Å². The number of hydrogen-bond donors (Lipinski definition) is 1. The number of amides is 1. The molecule has 0 spiro atoms. The Morgan fingerprint density at radius 2 is 1.91 bits per heavy atom. The minimum Gasteiger partial charge on any atom is -0.366 e. The van der Waals surface area contributed by atoms with Gasteiger partial charge in [-0.15, -0.1) is 21.5 Å². The van der Waals surface area contributed by atoms with E-state index in [0.29, 0.717) is 21.8 Å². The molecule has 0 saturated heterocycles. The normalized spacial score (nSPS) is 10.7. The Bertz CT molecular complexity index is 871. The number of nitrogens with zero attached hydrogens (tertiary/aromatic N) is 4. The first-order chi connectivity index (χ1) is 11.0. The topological polar surface area (TPSA) is 104 Å². The summed E-state index contributed by atoms with van der Waals surface area (Å²) in [6.45, 7) is 0.0132. The molecular weight excluding hydrogens is 382 g/mol. The van der Waals surface area contributed by atoms with E-state index in [9.17, 15) is 9.59 Å². The van der Waals surface area contributed by atoms with E-state index >= 15 is 0 Å². The molecule has 2 heterocycles. The van der Waals surface area contributed by atoms with Gasteiger partial charge in [0.1, 0.15) is 6.54 Å². The molecule has 116 valence electrons. The summed E-state index contributed by atoms with van der Waals surface area (Å²) in [5.41, 5.74) is 6.28. The van der Waals surface area contributed by atoms with Crippen molar-refractivity contribution in [3.63, 3.8) is 0 Å². The van der Waals surface area contributed by atoms with Crippen LogP contribution >= 0.6 is 27.3 Å². The molecule has 9 heteroatoms. The number of benzene rings is 1. The fourth-order valence-electron chi connectivity index (χ4n) is 1.88. The van der Waals surface area contributed by atoms with Gasteiger partial charge < -0.3 is 5.73 Å². The Morgan fingerprint density at radius 3 is 2.52 bits per heavy atom. The van der Waals surface area contributed by atoms with Gasteiger partial charge in [0, 0.05) is 11.1 Å². The van der Waals surface area contributed by atoms with Crippen molar-refractivity contribution in [1.29, 1.82) is 0 Å². The lowest BCUT2D eigenvalue weighted by Gasteiger charge is -1.97. The van der Waals surface area contributed by atoms with Crippen LogP contribution in [-0.2, 0) is 6.54 Å². The van der Waals surface area contributed by atoms with Gasteiger partial charge in [0.15, 0.2) is 5.78 Å². The summed E-state index contributed by atoms with van der Waals surface area (Å²) >= 11 is 4.68. The number of thiophene rings is 1. The van der Waals surface area contributed by atoms with E-state index in [4.69, 9.17) is 5.73 Å².